The summed E-state index contributed by atoms with van der Waals surface area (Å²) in [4.78, 5) is 41.9. The first-order chi connectivity index (χ1) is 8.23. The largest absolute Gasteiger partial charge is 2.00 e. The van der Waals surface area contributed by atoms with Gasteiger partial charge in [0, 0.05) is 0 Å². The van der Waals surface area contributed by atoms with Gasteiger partial charge in [0.05, 0.1) is 12.8 Å². The second-order valence-corrected chi connectivity index (χ2v) is 3.27. The van der Waals surface area contributed by atoms with E-state index in [2.05, 4.69) is 0 Å². The number of carboxylic acids is 4. The summed E-state index contributed by atoms with van der Waals surface area (Å²) in [7, 11) is 0. The number of aliphatic carboxylic acids is 4. The average Bonchev–Trinajstić information content (AvgIpc) is 2.20. The second-order valence-electron chi connectivity index (χ2n) is 3.27. The molecule has 0 aromatic rings. The van der Waals surface area contributed by atoms with E-state index in [4.69, 9.17) is 20.4 Å². The molecule has 19 heavy (non-hydrogen) atoms. The summed E-state index contributed by atoms with van der Waals surface area (Å²) in [6, 6.07) is -3.14. The third-order valence-corrected chi connectivity index (χ3v) is 1.79. The monoisotopic (exact) mass is 290 g/mol. The summed E-state index contributed by atoms with van der Waals surface area (Å²) in [5.74, 6) is -5.82. The summed E-state index contributed by atoms with van der Waals surface area (Å²) in [5, 5.41) is 34.1. The maximum absolute atomic E-state index is 10.6. The summed E-state index contributed by atoms with van der Waals surface area (Å²) in [6.07, 6.45) is -1.58. The molecule has 0 aromatic carbocycles. The molecule has 0 unspecified atom stereocenters. The Kier molecular flexibility index (Phi) is 9.94. The first-order valence-corrected chi connectivity index (χ1v) is 4.64. The predicted molar refractivity (Wildman–Crippen MR) is 61.6 cm³/mol. The van der Waals surface area contributed by atoms with Crippen molar-refractivity contribution in [1.82, 2.24) is 10.9 Å². The maximum atomic E-state index is 10.6. The molecule has 6 N–H and O–H groups in total. The van der Waals surface area contributed by atoms with Crippen LogP contribution in [0.15, 0.2) is 0 Å². The number of rotatable bonds is 9. The van der Waals surface area contributed by atoms with Crippen molar-refractivity contribution in [2.24, 2.45) is 0 Å². The van der Waals surface area contributed by atoms with Crippen LogP contribution in [0.3, 0.4) is 0 Å². The molecule has 0 amide bonds. The van der Waals surface area contributed by atoms with E-state index in [0.29, 0.717) is 0 Å². The summed E-state index contributed by atoms with van der Waals surface area (Å²) in [5.41, 5.74) is 3.93. The molecule has 11 heteroatoms. The zero-order valence-electron chi connectivity index (χ0n) is 11.7. The van der Waals surface area contributed by atoms with Gasteiger partial charge in [0.2, 0.25) is 0 Å². The molecule has 0 saturated heterocycles. The third kappa shape index (κ3) is 9.18. The van der Waals surface area contributed by atoms with Crippen molar-refractivity contribution in [2.45, 2.75) is 24.9 Å². The minimum absolute atomic E-state index is 0. The molecule has 0 aromatic heterocycles. The normalized spacial score (nSPS) is 12.8. The van der Waals surface area contributed by atoms with Gasteiger partial charge in [0.1, 0.15) is 12.1 Å². The number of hydrogen-bond acceptors (Lipinski definition) is 6. The van der Waals surface area contributed by atoms with Crippen molar-refractivity contribution in [3.63, 3.8) is 0 Å². The SMILES string of the molecule is O=C(O)C[C@H](NN[C@@H](CC(=O)O)C(=O)O)C(=O)O.[H-].[H-].[Mg+2]. The molecule has 0 fully saturated rings. The smallest absolute Gasteiger partial charge is 1.00 e. The van der Waals surface area contributed by atoms with Crippen LogP contribution >= 0.6 is 0 Å². The van der Waals surface area contributed by atoms with E-state index < -0.39 is 48.8 Å². The van der Waals surface area contributed by atoms with Gasteiger partial charge in [-0.25, -0.2) is 10.9 Å². The minimum Gasteiger partial charge on any atom is -1.00 e. The minimum atomic E-state index is -1.57. The maximum Gasteiger partial charge on any atom is 2.00 e. The molecule has 106 valence electrons. The second kappa shape index (κ2) is 9.49. The fourth-order valence-electron chi connectivity index (χ4n) is 0.951. The molecular weight excluding hydrogens is 276 g/mol. The van der Waals surface area contributed by atoms with E-state index >= 15 is 0 Å². The van der Waals surface area contributed by atoms with E-state index in [0.717, 1.165) is 0 Å². The molecule has 0 bridgehead atoms. The van der Waals surface area contributed by atoms with Crippen LogP contribution < -0.4 is 10.9 Å². The predicted octanol–water partition coefficient (Wildman–Crippen LogP) is -2.22. The van der Waals surface area contributed by atoms with Gasteiger partial charge in [-0.05, 0) is 0 Å². The van der Waals surface area contributed by atoms with Gasteiger partial charge in [-0.15, -0.1) is 0 Å². The fourth-order valence-corrected chi connectivity index (χ4v) is 0.951. The van der Waals surface area contributed by atoms with Gasteiger partial charge in [0.15, 0.2) is 0 Å². The van der Waals surface area contributed by atoms with Gasteiger partial charge in [-0.1, -0.05) is 0 Å². The van der Waals surface area contributed by atoms with E-state index in [-0.39, 0.29) is 25.9 Å². The first kappa shape index (κ1) is 19.9. The standard InChI is InChI=1S/C8H12N2O8.Mg.2H/c11-5(12)1-3(7(15)16)9-10-4(8(17)18)2-6(13)14;;;/h3-4,9-10H,1-2H2,(H,11,12)(H,13,14)(H,15,16)(H,17,18);;;/q;+2;2*-1/t3-,4-;;;/m0.../s1. The van der Waals surface area contributed by atoms with Crippen LogP contribution in [0.4, 0.5) is 0 Å². The molecule has 10 nitrogen and oxygen atoms in total. The number of carbonyl (C=O) groups is 4. The molecule has 0 aliphatic rings. The molecule has 0 rings (SSSR count). The van der Waals surface area contributed by atoms with Crippen molar-refractivity contribution in [3.05, 3.63) is 0 Å². The number of carboxylic acid groups (broad SMARTS) is 4. The van der Waals surface area contributed by atoms with Crippen LogP contribution in [0.2, 0.25) is 0 Å². The Morgan fingerprint density at radius 1 is 0.789 bits per heavy atom. The Balaban J connectivity index is -0.000000482. The molecule has 0 aliphatic heterocycles. The Morgan fingerprint density at radius 2 is 1.05 bits per heavy atom. The fraction of sp³-hybridized carbons (Fsp3) is 0.500. The third-order valence-electron chi connectivity index (χ3n) is 1.79. The number of hydrazine groups is 1. The molecule has 0 spiro atoms. The number of nitrogens with one attached hydrogen (secondary N) is 2. The van der Waals surface area contributed by atoms with Crippen molar-refractivity contribution < 1.29 is 42.5 Å². The summed E-state index contributed by atoms with van der Waals surface area (Å²) >= 11 is 0. The Bertz CT molecular complexity index is 336. The topological polar surface area (TPSA) is 173 Å². The molecule has 0 radical (unpaired) electrons. The van der Waals surface area contributed by atoms with Gasteiger partial charge < -0.3 is 23.3 Å². The van der Waals surface area contributed by atoms with E-state index in [9.17, 15) is 19.2 Å². The first-order valence-electron chi connectivity index (χ1n) is 4.64. The number of hydrogen-bond donors (Lipinski definition) is 6. The Morgan fingerprint density at radius 3 is 1.21 bits per heavy atom. The quantitative estimate of drug-likeness (QED) is 0.201. The Hall–Kier alpha value is -1.43. The van der Waals surface area contributed by atoms with Gasteiger partial charge >= 0.3 is 46.9 Å². The molecule has 0 heterocycles. The van der Waals surface area contributed by atoms with Crippen molar-refractivity contribution in [1.29, 1.82) is 0 Å². The van der Waals surface area contributed by atoms with Gasteiger partial charge in [-0.2, -0.15) is 0 Å². The van der Waals surface area contributed by atoms with Crippen molar-refractivity contribution >= 4 is 46.9 Å². The molecule has 0 aliphatic carbocycles. The van der Waals surface area contributed by atoms with Crippen molar-refractivity contribution in [3.8, 4) is 0 Å². The van der Waals surface area contributed by atoms with E-state index in [1.807, 2.05) is 10.9 Å². The molecule has 0 saturated carbocycles. The average molecular weight is 291 g/mol. The van der Waals surface area contributed by atoms with Crippen LogP contribution in [0, 0.1) is 0 Å². The van der Waals surface area contributed by atoms with Crippen molar-refractivity contribution in [2.75, 3.05) is 0 Å². The van der Waals surface area contributed by atoms with Crippen LogP contribution in [-0.2, 0) is 19.2 Å². The summed E-state index contributed by atoms with van der Waals surface area (Å²) in [6.45, 7) is 0. The zero-order valence-corrected chi connectivity index (χ0v) is 11.1. The van der Waals surface area contributed by atoms with Crippen LogP contribution in [0.5, 0.6) is 0 Å². The van der Waals surface area contributed by atoms with E-state index in [1.54, 1.807) is 0 Å². The van der Waals surface area contributed by atoms with Gasteiger partial charge in [-0.3, -0.25) is 19.2 Å². The van der Waals surface area contributed by atoms with Crippen LogP contribution in [-0.4, -0.2) is 79.4 Å². The zero-order chi connectivity index (χ0) is 14.3. The summed E-state index contributed by atoms with van der Waals surface area (Å²) < 4.78 is 0. The molecule has 2 atom stereocenters. The van der Waals surface area contributed by atoms with E-state index in [1.165, 1.54) is 0 Å². The molecular formula is C8H14MgN2O8. The van der Waals surface area contributed by atoms with Gasteiger partial charge in [0.25, 0.3) is 0 Å². The van der Waals surface area contributed by atoms with Crippen LogP contribution in [0.25, 0.3) is 0 Å². The Labute approximate surface area is 125 Å². The van der Waals surface area contributed by atoms with Crippen LogP contribution in [0.1, 0.15) is 15.7 Å².